The fourth-order valence-electron chi connectivity index (χ4n) is 1.27. The van der Waals surface area contributed by atoms with Gasteiger partial charge in [0.1, 0.15) is 5.75 Å². The molecule has 3 N–H and O–H groups in total. The van der Waals surface area contributed by atoms with Crippen LogP contribution in [0.1, 0.15) is 9.80 Å². The van der Waals surface area contributed by atoms with Gasteiger partial charge in [0.05, 0.1) is 5.69 Å². The molecule has 100 valence electrons. The number of para-hydroxylation sites is 2. The summed E-state index contributed by atoms with van der Waals surface area (Å²) >= 11 is 0.889. The van der Waals surface area contributed by atoms with E-state index in [-0.39, 0.29) is 21.6 Å². The number of hydrogen-bond acceptors (Lipinski definition) is 6. The number of carbonyl (C=O) groups is 1. The van der Waals surface area contributed by atoms with E-state index < -0.39 is 12.5 Å². The zero-order valence-corrected chi connectivity index (χ0v) is 10.2. The predicted molar refractivity (Wildman–Crippen MR) is 65.3 cm³/mol. The molecule has 0 atom stereocenters. The molecule has 0 spiro atoms. The summed E-state index contributed by atoms with van der Waals surface area (Å²) in [6, 6.07) is 5.83. The normalized spacial score (nSPS) is 10.5. The summed E-state index contributed by atoms with van der Waals surface area (Å²) in [5.41, 5.74) is 5.46. The van der Waals surface area contributed by atoms with Gasteiger partial charge in [0.15, 0.2) is 0 Å². The van der Waals surface area contributed by atoms with Gasteiger partial charge >= 0.3 is 6.61 Å². The lowest BCUT2D eigenvalue weighted by molar-refractivity contribution is -0.0493. The van der Waals surface area contributed by atoms with Crippen LogP contribution in [-0.4, -0.2) is 22.7 Å². The number of nitrogens with zero attached hydrogens (tertiary/aromatic N) is 2. The molecule has 1 aromatic heterocycles. The summed E-state index contributed by atoms with van der Waals surface area (Å²) in [6.07, 6.45) is 0. The van der Waals surface area contributed by atoms with E-state index in [9.17, 15) is 13.6 Å². The van der Waals surface area contributed by atoms with E-state index in [4.69, 9.17) is 5.73 Å². The topological polar surface area (TPSA) is 90.1 Å². The number of ether oxygens (including phenoxy) is 1. The molecular formula is C10H8F2N4O2S. The van der Waals surface area contributed by atoms with E-state index in [1.54, 1.807) is 6.07 Å². The third-order valence-corrected chi connectivity index (χ3v) is 2.74. The number of amides is 1. The Hall–Kier alpha value is -2.29. The van der Waals surface area contributed by atoms with Crippen LogP contribution in [0.15, 0.2) is 24.3 Å². The zero-order valence-electron chi connectivity index (χ0n) is 9.34. The van der Waals surface area contributed by atoms with Gasteiger partial charge in [-0.25, -0.2) is 0 Å². The third-order valence-electron chi connectivity index (χ3n) is 1.99. The second kappa shape index (κ2) is 5.57. The minimum Gasteiger partial charge on any atom is -0.433 e. The first-order valence-corrected chi connectivity index (χ1v) is 5.82. The van der Waals surface area contributed by atoms with E-state index in [0.29, 0.717) is 0 Å². The van der Waals surface area contributed by atoms with Crippen LogP contribution in [0.5, 0.6) is 5.75 Å². The van der Waals surface area contributed by atoms with E-state index in [2.05, 4.69) is 20.3 Å². The molecular weight excluding hydrogens is 278 g/mol. The maximum absolute atomic E-state index is 12.2. The van der Waals surface area contributed by atoms with Crippen LogP contribution in [0, 0.1) is 0 Å². The molecule has 6 nitrogen and oxygen atoms in total. The summed E-state index contributed by atoms with van der Waals surface area (Å²) < 4.78 is 28.7. The van der Waals surface area contributed by atoms with Crippen molar-refractivity contribution < 1.29 is 18.3 Å². The first-order chi connectivity index (χ1) is 9.06. The van der Waals surface area contributed by atoms with Gasteiger partial charge in [0, 0.05) is 0 Å². The molecule has 0 unspecified atom stereocenters. The Bertz CT molecular complexity index is 590. The van der Waals surface area contributed by atoms with Gasteiger partial charge < -0.3 is 15.8 Å². The number of nitrogen functional groups attached to an aromatic ring is 1. The lowest BCUT2D eigenvalue weighted by atomic mass is 10.3. The number of aromatic nitrogens is 2. The van der Waals surface area contributed by atoms with Gasteiger partial charge in [0.2, 0.25) is 10.1 Å². The number of carbonyl (C=O) groups excluding carboxylic acids is 1. The van der Waals surface area contributed by atoms with Gasteiger partial charge in [-0.05, 0) is 12.1 Å². The molecule has 2 rings (SSSR count). The first-order valence-electron chi connectivity index (χ1n) is 5.00. The van der Waals surface area contributed by atoms with Crippen LogP contribution < -0.4 is 15.8 Å². The van der Waals surface area contributed by atoms with Crippen LogP contribution in [-0.2, 0) is 0 Å². The predicted octanol–water partition coefficient (Wildman–Crippen LogP) is 1.97. The van der Waals surface area contributed by atoms with Crippen molar-refractivity contribution in [1.29, 1.82) is 0 Å². The summed E-state index contributed by atoms with van der Waals surface area (Å²) in [6.45, 7) is -2.98. The van der Waals surface area contributed by atoms with E-state index in [1.807, 2.05) is 0 Å². The lowest BCUT2D eigenvalue weighted by Crippen LogP contribution is -2.13. The van der Waals surface area contributed by atoms with Crippen LogP contribution in [0.25, 0.3) is 0 Å². The van der Waals surface area contributed by atoms with Crippen molar-refractivity contribution in [3.63, 3.8) is 0 Å². The third kappa shape index (κ3) is 3.35. The number of nitrogens with one attached hydrogen (secondary N) is 1. The molecule has 0 fully saturated rings. The van der Waals surface area contributed by atoms with Crippen molar-refractivity contribution >= 4 is 28.1 Å². The van der Waals surface area contributed by atoms with Gasteiger partial charge in [-0.3, -0.25) is 4.79 Å². The summed E-state index contributed by atoms with van der Waals surface area (Å²) in [5, 5.41) is 9.60. The molecule has 0 radical (unpaired) electrons. The fourth-order valence-corrected chi connectivity index (χ4v) is 1.78. The van der Waals surface area contributed by atoms with E-state index >= 15 is 0 Å². The monoisotopic (exact) mass is 286 g/mol. The Kier molecular flexibility index (Phi) is 3.85. The highest BCUT2D eigenvalue weighted by Crippen LogP contribution is 2.26. The Morgan fingerprint density at radius 3 is 2.74 bits per heavy atom. The van der Waals surface area contributed by atoms with Crippen LogP contribution >= 0.6 is 11.3 Å². The van der Waals surface area contributed by atoms with Gasteiger partial charge in [-0.15, -0.1) is 10.2 Å². The molecule has 2 aromatic rings. The van der Waals surface area contributed by atoms with Crippen molar-refractivity contribution in [3.05, 3.63) is 29.3 Å². The van der Waals surface area contributed by atoms with Gasteiger partial charge in [-0.2, -0.15) is 8.78 Å². The van der Waals surface area contributed by atoms with E-state index in [1.165, 1.54) is 18.2 Å². The minimum atomic E-state index is -2.98. The summed E-state index contributed by atoms with van der Waals surface area (Å²) in [5.74, 6) is -0.733. The summed E-state index contributed by atoms with van der Waals surface area (Å²) in [4.78, 5) is 11.8. The molecule has 0 saturated carbocycles. The molecule has 19 heavy (non-hydrogen) atoms. The maximum atomic E-state index is 12.2. The molecule has 9 heteroatoms. The quantitative estimate of drug-likeness (QED) is 0.896. The lowest BCUT2D eigenvalue weighted by Gasteiger charge is -2.10. The average molecular weight is 286 g/mol. The number of anilines is 2. The second-order valence-corrected chi connectivity index (χ2v) is 4.28. The molecule has 0 bridgehead atoms. The standard InChI is InChI=1S/C10H8F2N4O2S/c11-9(12)18-6-4-2-1-3-5(6)14-7(17)8-15-16-10(13)19-8/h1-4,9H,(H2,13,16)(H,14,17). The number of hydrogen-bond donors (Lipinski definition) is 2. The smallest absolute Gasteiger partial charge is 0.387 e. The Morgan fingerprint density at radius 1 is 1.37 bits per heavy atom. The highest BCUT2D eigenvalue weighted by atomic mass is 32.1. The van der Waals surface area contributed by atoms with Gasteiger partial charge in [0.25, 0.3) is 5.91 Å². The van der Waals surface area contributed by atoms with Crippen LogP contribution in [0.4, 0.5) is 19.6 Å². The number of rotatable bonds is 4. The average Bonchev–Trinajstić information content (AvgIpc) is 2.78. The molecule has 0 aliphatic rings. The Morgan fingerprint density at radius 2 is 2.11 bits per heavy atom. The zero-order chi connectivity index (χ0) is 13.8. The Labute approximate surface area is 110 Å². The molecule has 1 aromatic carbocycles. The molecule has 1 heterocycles. The number of halogens is 2. The van der Waals surface area contributed by atoms with Crippen molar-refractivity contribution in [2.45, 2.75) is 6.61 Å². The number of nitrogens with two attached hydrogens (primary N) is 1. The van der Waals surface area contributed by atoms with Crippen molar-refractivity contribution in [1.82, 2.24) is 10.2 Å². The van der Waals surface area contributed by atoms with Crippen molar-refractivity contribution in [3.8, 4) is 5.75 Å². The molecule has 0 aliphatic heterocycles. The van der Waals surface area contributed by atoms with Crippen molar-refractivity contribution in [2.75, 3.05) is 11.1 Å². The molecule has 1 amide bonds. The van der Waals surface area contributed by atoms with Crippen molar-refractivity contribution in [2.24, 2.45) is 0 Å². The molecule has 0 saturated heterocycles. The Balaban J connectivity index is 2.16. The summed E-state index contributed by atoms with van der Waals surface area (Å²) in [7, 11) is 0. The second-order valence-electron chi connectivity index (χ2n) is 3.27. The maximum Gasteiger partial charge on any atom is 0.387 e. The highest BCUT2D eigenvalue weighted by Gasteiger charge is 2.15. The SMILES string of the molecule is Nc1nnc(C(=O)Nc2ccccc2OC(F)F)s1. The largest absolute Gasteiger partial charge is 0.433 e. The highest BCUT2D eigenvalue weighted by molar-refractivity contribution is 7.16. The van der Waals surface area contributed by atoms with E-state index in [0.717, 1.165) is 11.3 Å². The molecule has 0 aliphatic carbocycles. The van der Waals surface area contributed by atoms with Crippen LogP contribution in [0.2, 0.25) is 0 Å². The number of benzene rings is 1. The van der Waals surface area contributed by atoms with Gasteiger partial charge in [-0.1, -0.05) is 23.5 Å². The minimum absolute atomic E-state index is 0.0318. The fraction of sp³-hybridized carbons (Fsp3) is 0.100. The van der Waals surface area contributed by atoms with Crippen LogP contribution in [0.3, 0.4) is 0 Å². The number of alkyl halides is 2. The first kappa shape index (κ1) is 13.1.